The summed E-state index contributed by atoms with van der Waals surface area (Å²) < 4.78 is 0. The molecule has 0 amide bonds. The second-order valence-corrected chi connectivity index (χ2v) is 8.01. The van der Waals surface area contributed by atoms with E-state index in [1.165, 1.54) is 5.56 Å². The minimum Gasteiger partial charge on any atom is -0.367 e. The van der Waals surface area contributed by atoms with E-state index in [-0.39, 0.29) is 0 Å². The van der Waals surface area contributed by atoms with Crippen LogP contribution in [0.1, 0.15) is 19.4 Å². The molecule has 146 valence electrons. The minimum atomic E-state index is 0.322. The van der Waals surface area contributed by atoms with Crippen molar-refractivity contribution in [3.63, 3.8) is 0 Å². The molecule has 1 aliphatic rings. The van der Waals surface area contributed by atoms with Crippen molar-refractivity contribution in [1.82, 2.24) is 14.9 Å². The Morgan fingerprint density at radius 1 is 0.964 bits per heavy atom. The Kier molecular flexibility index (Phi) is 5.64. The average molecular weight is 396 g/mol. The molecule has 5 nitrogen and oxygen atoms in total. The summed E-state index contributed by atoms with van der Waals surface area (Å²) in [5.41, 5.74) is 2.28. The molecule has 2 aromatic carbocycles. The van der Waals surface area contributed by atoms with Gasteiger partial charge in [0.25, 0.3) is 0 Å². The predicted octanol–water partition coefficient (Wildman–Crippen LogP) is 4.43. The molecule has 1 fully saturated rings. The third-order valence-corrected chi connectivity index (χ3v) is 5.24. The van der Waals surface area contributed by atoms with Gasteiger partial charge in [0.15, 0.2) is 0 Å². The maximum atomic E-state index is 5.99. The quantitative estimate of drug-likeness (QED) is 0.692. The maximum Gasteiger partial charge on any atom is 0.227 e. The van der Waals surface area contributed by atoms with E-state index >= 15 is 0 Å². The number of nitrogens with one attached hydrogen (secondary N) is 1. The van der Waals surface area contributed by atoms with Crippen LogP contribution in [0.25, 0.3) is 10.9 Å². The molecule has 2 heterocycles. The van der Waals surface area contributed by atoms with Gasteiger partial charge in [-0.05, 0) is 43.7 Å². The molecule has 6 heteroatoms. The number of nitrogens with zero attached hydrogens (tertiary/aromatic N) is 4. The largest absolute Gasteiger partial charge is 0.367 e. The number of halogens is 1. The lowest BCUT2D eigenvalue weighted by Gasteiger charge is -2.35. The lowest BCUT2D eigenvalue weighted by atomic mass is 10.2. The molecule has 0 saturated carbocycles. The van der Waals surface area contributed by atoms with E-state index in [1.54, 1.807) is 0 Å². The van der Waals surface area contributed by atoms with Crippen LogP contribution in [0.2, 0.25) is 5.02 Å². The molecule has 0 radical (unpaired) electrons. The third kappa shape index (κ3) is 4.37. The zero-order valence-corrected chi connectivity index (χ0v) is 17.2. The molecule has 4 rings (SSSR count). The summed E-state index contributed by atoms with van der Waals surface area (Å²) in [7, 11) is 0. The van der Waals surface area contributed by atoms with Gasteiger partial charge in [0.1, 0.15) is 5.82 Å². The molecular weight excluding hydrogens is 370 g/mol. The zero-order chi connectivity index (χ0) is 19.5. The number of hydrogen-bond acceptors (Lipinski definition) is 5. The molecule has 3 aromatic rings. The number of piperazine rings is 1. The van der Waals surface area contributed by atoms with Gasteiger partial charge >= 0.3 is 0 Å². The van der Waals surface area contributed by atoms with Crippen LogP contribution in [-0.2, 0) is 6.54 Å². The molecule has 0 bridgehead atoms. The second kappa shape index (κ2) is 8.33. The standard InChI is InChI=1S/C22H26ClN5/c1-16(2)24-21-19-5-3-4-6-20(19)25-22(26-21)28-13-11-27(12-14-28)15-17-7-9-18(23)10-8-17/h3-10,16H,11-15H2,1-2H3,(H,24,25,26). The molecule has 1 N–H and O–H groups in total. The first-order chi connectivity index (χ1) is 13.6. The first kappa shape index (κ1) is 19.0. The van der Waals surface area contributed by atoms with Crippen molar-refractivity contribution in [2.75, 3.05) is 36.4 Å². The number of anilines is 2. The summed E-state index contributed by atoms with van der Waals surface area (Å²) >= 11 is 5.99. The van der Waals surface area contributed by atoms with Crippen LogP contribution in [-0.4, -0.2) is 47.1 Å². The lowest BCUT2D eigenvalue weighted by Crippen LogP contribution is -2.46. The van der Waals surface area contributed by atoms with Crippen LogP contribution >= 0.6 is 11.6 Å². The molecule has 0 spiro atoms. The summed E-state index contributed by atoms with van der Waals surface area (Å²) in [6, 6.07) is 16.6. The van der Waals surface area contributed by atoms with Gasteiger partial charge in [-0.3, -0.25) is 4.90 Å². The van der Waals surface area contributed by atoms with Crippen LogP contribution in [0.4, 0.5) is 11.8 Å². The smallest absolute Gasteiger partial charge is 0.227 e. The number of para-hydroxylation sites is 1. The first-order valence-corrected chi connectivity index (χ1v) is 10.2. The Balaban J connectivity index is 1.48. The van der Waals surface area contributed by atoms with Crippen molar-refractivity contribution in [3.05, 3.63) is 59.1 Å². The molecule has 0 atom stereocenters. The fourth-order valence-electron chi connectivity index (χ4n) is 3.54. The monoisotopic (exact) mass is 395 g/mol. The average Bonchev–Trinajstić information content (AvgIpc) is 2.70. The van der Waals surface area contributed by atoms with E-state index in [1.807, 2.05) is 24.3 Å². The van der Waals surface area contributed by atoms with Crippen LogP contribution in [0.15, 0.2) is 48.5 Å². The number of rotatable bonds is 5. The van der Waals surface area contributed by atoms with Gasteiger partial charge in [-0.15, -0.1) is 0 Å². The van der Waals surface area contributed by atoms with Gasteiger partial charge in [-0.25, -0.2) is 4.98 Å². The van der Waals surface area contributed by atoms with E-state index in [4.69, 9.17) is 21.6 Å². The van der Waals surface area contributed by atoms with Gasteiger partial charge in [0, 0.05) is 49.2 Å². The maximum absolute atomic E-state index is 5.99. The molecule has 1 aromatic heterocycles. The van der Waals surface area contributed by atoms with Crippen molar-refractivity contribution in [2.24, 2.45) is 0 Å². The summed E-state index contributed by atoms with van der Waals surface area (Å²) in [6.07, 6.45) is 0. The predicted molar refractivity (Wildman–Crippen MR) is 117 cm³/mol. The summed E-state index contributed by atoms with van der Waals surface area (Å²) in [4.78, 5) is 14.4. The van der Waals surface area contributed by atoms with Crippen molar-refractivity contribution in [2.45, 2.75) is 26.4 Å². The van der Waals surface area contributed by atoms with Gasteiger partial charge in [0.2, 0.25) is 5.95 Å². The van der Waals surface area contributed by atoms with Crippen LogP contribution in [0, 0.1) is 0 Å². The Labute approximate surface area is 171 Å². The Morgan fingerprint density at radius 2 is 1.68 bits per heavy atom. The van der Waals surface area contributed by atoms with E-state index in [9.17, 15) is 0 Å². The van der Waals surface area contributed by atoms with Crippen molar-refractivity contribution in [3.8, 4) is 0 Å². The third-order valence-electron chi connectivity index (χ3n) is 4.99. The molecule has 1 aliphatic heterocycles. The molecule has 0 aliphatic carbocycles. The van der Waals surface area contributed by atoms with Crippen LogP contribution in [0.5, 0.6) is 0 Å². The van der Waals surface area contributed by atoms with E-state index < -0.39 is 0 Å². The van der Waals surface area contributed by atoms with E-state index in [2.05, 4.69) is 53.2 Å². The van der Waals surface area contributed by atoms with E-state index in [0.717, 1.165) is 60.4 Å². The summed E-state index contributed by atoms with van der Waals surface area (Å²) in [5, 5.41) is 5.33. The lowest BCUT2D eigenvalue weighted by molar-refractivity contribution is 0.249. The summed E-state index contributed by atoms with van der Waals surface area (Å²) in [5.74, 6) is 1.73. The van der Waals surface area contributed by atoms with Crippen LogP contribution < -0.4 is 10.2 Å². The van der Waals surface area contributed by atoms with E-state index in [0.29, 0.717) is 6.04 Å². The first-order valence-electron chi connectivity index (χ1n) is 9.83. The molecule has 28 heavy (non-hydrogen) atoms. The van der Waals surface area contributed by atoms with Crippen molar-refractivity contribution < 1.29 is 0 Å². The Hall–Kier alpha value is -2.37. The minimum absolute atomic E-state index is 0.322. The fourth-order valence-corrected chi connectivity index (χ4v) is 3.67. The van der Waals surface area contributed by atoms with Gasteiger partial charge in [-0.1, -0.05) is 35.9 Å². The number of hydrogen-bond donors (Lipinski definition) is 1. The molecular formula is C22H26ClN5. The number of benzene rings is 2. The van der Waals surface area contributed by atoms with Crippen molar-refractivity contribution in [1.29, 1.82) is 0 Å². The molecule has 1 saturated heterocycles. The van der Waals surface area contributed by atoms with Gasteiger partial charge in [-0.2, -0.15) is 4.98 Å². The van der Waals surface area contributed by atoms with Crippen LogP contribution in [0.3, 0.4) is 0 Å². The second-order valence-electron chi connectivity index (χ2n) is 7.58. The normalized spacial score (nSPS) is 15.4. The highest BCUT2D eigenvalue weighted by Crippen LogP contribution is 2.25. The number of fused-ring (bicyclic) bond motifs is 1. The highest BCUT2D eigenvalue weighted by atomic mass is 35.5. The zero-order valence-electron chi connectivity index (χ0n) is 16.4. The topological polar surface area (TPSA) is 44.3 Å². The fraction of sp³-hybridized carbons (Fsp3) is 0.364. The highest BCUT2D eigenvalue weighted by Gasteiger charge is 2.20. The van der Waals surface area contributed by atoms with Gasteiger partial charge < -0.3 is 10.2 Å². The SMILES string of the molecule is CC(C)Nc1nc(N2CCN(Cc3ccc(Cl)cc3)CC2)nc2ccccc12. The van der Waals surface area contributed by atoms with Crippen molar-refractivity contribution >= 4 is 34.3 Å². The molecule has 0 unspecified atom stereocenters. The summed E-state index contributed by atoms with van der Waals surface area (Å²) in [6.45, 7) is 9.04. The number of aromatic nitrogens is 2. The Morgan fingerprint density at radius 3 is 2.39 bits per heavy atom. The highest BCUT2D eigenvalue weighted by molar-refractivity contribution is 6.30. The Bertz CT molecular complexity index is 933. The van der Waals surface area contributed by atoms with Gasteiger partial charge in [0.05, 0.1) is 5.52 Å².